The van der Waals surface area contributed by atoms with Crippen LogP contribution in [-0.2, 0) is 0 Å². The lowest BCUT2D eigenvalue weighted by Gasteiger charge is -2.07. The molecule has 3 aromatic rings. The first kappa shape index (κ1) is 14.7. The van der Waals surface area contributed by atoms with E-state index in [0.29, 0.717) is 0 Å². The molecule has 0 saturated carbocycles. The zero-order chi connectivity index (χ0) is 15.4. The molecule has 1 heterocycles. The summed E-state index contributed by atoms with van der Waals surface area (Å²) in [5.41, 5.74) is 4.78. The van der Waals surface area contributed by atoms with Crippen molar-refractivity contribution in [3.05, 3.63) is 78.0 Å². The van der Waals surface area contributed by atoms with Gasteiger partial charge in [0.15, 0.2) is 0 Å². The smallest absolute Gasteiger partial charge is 0.136 e. The predicted molar refractivity (Wildman–Crippen MR) is 95.1 cm³/mol. The number of hydrogen-bond donors (Lipinski definition) is 1. The third kappa shape index (κ3) is 3.68. The Balaban J connectivity index is 1.68. The van der Waals surface area contributed by atoms with Gasteiger partial charge in [-0.1, -0.05) is 48.0 Å². The first-order valence-electron chi connectivity index (χ1n) is 7.24. The second-order valence-corrected chi connectivity index (χ2v) is 6.14. The van der Waals surface area contributed by atoms with Crippen LogP contribution in [-0.4, -0.2) is 4.98 Å². The number of aryl methyl sites for hydroxylation is 2. The van der Waals surface area contributed by atoms with E-state index >= 15 is 0 Å². The molecule has 0 aliphatic rings. The van der Waals surface area contributed by atoms with Crippen LogP contribution in [0, 0.1) is 13.8 Å². The van der Waals surface area contributed by atoms with Gasteiger partial charge in [0.25, 0.3) is 0 Å². The maximum atomic E-state index is 4.43. The average Bonchev–Trinajstić information content (AvgIpc) is 2.54. The van der Waals surface area contributed by atoms with Gasteiger partial charge in [-0.25, -0.2) is 4.98 Å². The molecule has 0 radical (unpaired) electrons. The number of hydrogen-bond acceptors (Lipinski definition) is 3. The number of pyridine rings is 1. The molecule has 0 aliphatic heterocycles. The van der Waals surface area contributed by atoms with Gasteiger partial charge in [-0.05, 0) is 61.2 Å². The van der Waals surface area contributed by atoms with Crippen LogP contribution >= 0.6 is 11.9 Å². The first-order valence-corrected chi connectivity index (χ1v) is 8.06. The van der Waals surface area contributed by atoms with Crippen LogP contribution in [0.1, 0.15) is 11.3 Å². The quantitative estimate of drug-likeness (QED) is 0.646. The van der Waals surface area contributed by atoms with Gasteiger partial charge < -0.3 is 4.72 Å². The Hall–Kier alpha value is -2.26. The van der Waals surface area contributed by atoms with Gasteiger partial charge in [0.05, 0.1) is 0 Å². The lowest BCUT2D eigenvalue weighted by atomic mass is 10.0. The van der Waals surface area contributed by atoms with Gasteiger partial charge in [-0.2, -0.15) is 0 Å². The van der Waals surface area contributed by atoms with E-state index in [1.165, 1.54) is 21.6 Å². The fourth-order valence-electron chi connectivity index (χ4n) is 2.17. The third-order valence-corrected chi connectivity index (χ3v) is 4.22. The van der Waals surface area contributed by atoms with Crippen molar-refractivity contribution in [2.45, 2.75) is 18.7 Å². The Morgan fingerprint density at radius 2 is 1.41 bits per heavy atom. The van der Waals surface area contributed by atoms with Crippen molar-refractivity contribution in [1.29, 1.82) is 0 Å². The molecule has 22 heavy (non-hydrogen) atoms. The fraction of sp³-hybridized carbons (Fsp3) is 0.105. The second kappa shape index (κ2) is 6.67. The molecule has 0 bridgehead atoms. The number of nitrogens with zero attached hydrogens (tertiary/aromatic N) is 1. The molecule has 0 spiro atoms. The normalized spacial score (nSPS) is 10.5. The van der Waals surface area contributed by atoms with Crippen LogP contribution in [0.2, 0.25) is 0 Å². The highest BCUT2D eigenvalue weighted by Crippen LogP contribution is 2.25. The summed E-state index contributed by atoms with van der Waals surface area (Å²) < 4.78 is 3.27. The van der Waals surface area contributed by atoms with Crippen molar-refractivity contribution in [2.75, 3.05) is 4.72 Å². The summed E-state index contributed by atoms with van der Waals surface area (Å²) in [7, 11) is 0. The molecule has 1 N–H and O–H groups in total. The van der Waals surface area contributed by atoms with E-state index in [0.717, 1.165) is 11.5 Å². The van der Waals surface area contributed by atoms with Crippen molar-refractivity contribution < 1.29 is 0 Å². The largest absolute Gasteiger partial charge is 0.310 e. The van der Waals surface area contributed by atoms with Crippen molar-refractivity contribution in [3.8, 4) is 11.1 Å². The Bertz CT molecular complexity index is 749. The fourth-order valence-corrected chi connectivity index (χ4v) is 2.78. The van der Waals surface area contributed by atoms with E-state index in [9.17, 15) is 0 Å². The number of rotatable bonds is 4. The Morgan fingerprint density at radius 3 is 2.05 bits per heavy atom. The highest BCUT2D eigenvalue weighted by atomic mass is 32.2. The maximum absolute atomic E-state index is 4.43. The Morgan fingerprint density at radius 1 is 0.773 bits per heavy atom. The zero-order valence-corrected chi connectivity index (χ0v) is 13.5. The average molecular weight is 306 g/mol. The summed E-state index contributed by atoms with van der Waals surface area (Å²) in [4.78, 5) is 5.60. The third-order valence-electron chi connectivity index (χ3n) is 3.40. The van der Waals surface area contributed by atoms with E-state index in [-0.39, 0.29) is 0 Å². The maximum Gasteiger partial charge on any atom is 0.136 e. The monoisotopic (exact) mass is 306 g/mol. The number of anilines is 1. The summed E-state index contributed by atoms with van der Waals surface area (Å²) in [6.45, 7) is 4.10. The van der Waals surface area contributed by atoms with Crippen molar-refractivity contribution in [2.24, 2.45) is 0 Å². The van der Waals surface area contributed by atoms with Crippen molar-refractivity contribution in [1.82, 2.24) is 4.98 Å². The Kier molecular flexibility index (Phi) is 4.45. The van der Waals surface area contributed by atoms with Crippen LogP contribution in [0.25, 0.3) is 11.1 Å². The van der Waals surface area contributed by atoms with E-state index in [1.807, 2.05) is 25.1 Å². The molecule has 0 unspecified atom stereocenters. The van der Waals surface area contributed by atoms with Crippen molar-refractivity contribution in [3.63, 3.8) is 0 Å². The van der Waals surface area contributed by atoms with Gasteiger partial charge in [0, 0.05) is 10.6 Å². The molecule has 0 fully saturated rings. The van der Waals surface area contributed by atoms with Crippen LogP contribution in [0.3, 0.4) is 0 Å². The van der Waals surface area contributed by atoms with Gasteiger partial charge in [0.2, 0.25) is 0 Å². The minimum atomic E-state index is 0.882. The van der Waals surface area contributed by atoms with Gasteiger partial charge in [0.1, 0.15) is 5.82 Å². The van der Waals surface area contributed by atoms with Gasteiger partial charge >= 0.3 is 0 Å². The lowest BCUT2D eigenvalue weighted by Crippen LogP contribution is -1.91. The summed E-state index contributed by atoms with van der Waals surface area (Å²) in [6, 6.07) is 23.1. The molecule has 3 heteroatoms. The van der Waals surface area contributed by atoms with Crippen LogP contribution in [0.15, 0.2) is 71.6 Å². The number of nitrogens with one attached hydrogen (secondary N) is 1. The molecular weight excluding hydrogens is 288 g/mol. The highest BCUT2D eigenvalue weighted by molar-refractivity contribution is 8.00. The predicted octanol–water partition coefficient (Wildman–Crippen LogP) is 5.48. The van der Waals surface area contributed by atoms with Crippen molar-refractivity contribution >= 4 is 17.8 Å². The molecule has 0 saturated heterocycles. The zero-order valence-electron chi connectivity index (χ0n) is 12.7. The Labute approximate surface area is 135 Å². The SMILES string of the molecule is Cc1ccc(-c2ccc(SNc3cccc(C)n3)cc2)cc1. The van der Waals surface area contributed by atoms with Crippen LogP contribution in [0.4, 0.5) is 5.82 Å². The summed E-state index contributed by atoms with van der Waals surface area (Å²) >= 11 is 1.58. The summed E-state index contributed by atoms with van der Waals surface area (Å²) in [5, 5.41) is 0. The van der Waals surface area contributed by atoms with E-state index < -0.39 is 0 Å². The first-order chi connectivity index (χ1) is 10.7. The highest BCUT2D eigenvalue weighted by Gasteiger charge is 2.00. The molecule has 2 nitrogen and oxygen atoms in total. The standard InChI is InChI=1S/C19H18N2S/c1-14-6-8-16(9-7-14)17-10-12-18(13-11-17)22-21-19-5-3-4-15(2)20-19/h3-13H,1-2H3,(H,20,21). The van der Waals surface area contributed by atoms with E-state index in [4.69, 9.17) is 0 Å². The van der Waals surface area contributed by atoms with Crippen LogP contribution < -0.4 is 4.72 Å². The minimum Gasteiger partial charge on any atom is -0.310 e. The molecule has 110 valence electrons. The molecule has 0 atom stereocenters. The lowest BCUT2D eigenvalue weighted by molar-refractivity contribution is 1.21. The second-order valence-electron chi connectivity index (χ2n) is 5.26. The van der Waals surface area contributed by atoms with Crippen LogP contribution in [0.5, 0.6) is 0 Å². The summed E-state index contributed by atoms with van der Waals surface area (Å²) in [6.07, 6.45) is 0. The van der Waals surface area contributed by atoms with E-state index in [1.54, 1.807) is 11.9 Å². The molecule has 0 aliphatic carbocycles. The number of benzene rings is 2. The molecule has 1 aromatic heterocycles. The molecular formula is C19H18N2S. The van der Waals surface area contributed by atoms with Gasteiger partial charge in [-0.3, -0.25) is 0 Å². The number of aromatic nitrogens is 1. The molecule has 2 aromatic carbocycles. The minimum absolute atomic E-state index is 0.882. The molecule has 3 rings (SSSR count). The summed E-state index contributed by atoms with van der Waals surface area (Å²) in [5.74, 6) is 0.882. The topological polar surface area (TPSA) is 24.9 Å². The van der Waals surface area contributed by atoms with Gasteiger partial charge in [-0.15, -0.1) is 0 Å². The molecule has 0 amide bonds. The van der Waals surface area contributed by atoms with E-state index in [2.05, 4.69) is 65.2 Å².